The van der Waals surface area contributed by atoms with Crippen molar-refractivity contribution < 1.29 is 4.74 Å². The number of benzene rings is 1. The van der Waals surface area contributed by atoms with Crippen molar-refractivity contribution in [2.75, 3.05) is 26.7 Å². The molecule has 2 atom stereocenters. The second-order valence-electron chi connectivity index (χ2n) is 5.52. The van der Waals surface area contributed by atoms with Crippen LogP contribution in [0.25, 0.3) is 0 Å². The fraction of sp³-hybridized carbons (Fsp3) is 0.600. The number of fused-ring (bicyclic) bond motifs is 1. The van der Waals surface area contributed by atoms with Gasteiger partial charge in [-0.05, 0) is 43.0 Å². The van der Waals surface area contributed by atoms with E-state index in [9.17, 15) is 0 Å². The van der Waals surface area contributed by atoms with Gasteiger partial charge in [-0.3, -0.25) is 0 Å². The molecule has 17 heavy (non-hydrogen) atoms. The van der Waals surface area contributed by atoms with E-state index in [0.717, 1.165) is 11.7 Å². The monoisotopic (exact) mass is 231 g/mol. The molecular formula is C15H21NO. The van der Waals surface area contributed by atoms with E-state index in [-0.39, 0.29) is 0 Å². The molecule has 2 aliphatic rings. The summed E-state index contributed by atoms with van der Waals surface area (Å²) in [6.45, 7) is 6.09. The van der Waals surface area contributed by atoms with Crippen molar-refractivity contribution in [2.45, 2.75) is 25.2 Å². The predicted octanol–water partition coefficient (Wildman–Crippen LogP) is 2.68. The molecule has 92 valence electrons. The van der Waals surface area contributed by atoms with Gasteiger partial charge in [0.2, 0.25) is 0 Å². The van der Waals surface area contributed by atoms with Crippen LogP contribution in [0.5, 0.6) is 5.75 Å². The van der Waals surface area contributed by atoms with Gasteiger partial charge >= 0.3 is 0 Å². The summed E-state index contributed by atoms with van der Waals surface area (Å²) in [6.07, 6.45) is 2.66. The van der Waals surface area contributed by atoms with Gasteiger partial charge in [0.1, 0.15) is 5.75 Å². The largest absolute Gasteiger partial charge is 0.497 e. The maximum atomic E-state index is 5.23. The summed E-state index contributed by atoms with van der Waals surface area (Å²) in [5, 5.41) is 0. The van der Waals surface area contributed by atoms with Crippen molar-refractivity contribution in [1.29, 1.82) is 0 Å². The van der Waals surface area contributed by atoms with E-state index in [1.807, 2.05) is 0 Å². The van der Waals surface area contributed by atoms with Crippen molar-refractivity contribution in [3.63, 3.8) is 0 Å². The minimum Gasteiger partial charge on any atom is -0.497 e. The summed E-state index contributed by atoms with van der Waals surface area (Å²) in [4.78, 5) is 2.62. The Labute approximate surface area is 104 Å². The molecule has 0 spiro atoms. The fourth-order valence-corrected chi connectivity index (χ4v) is 3.44. The van der Waals surface area contributed by atoms with E-state index in [1.165, 1.54) is 38.0 Å². The van der Waals surface area contributed by atoms with Crippen molar-refractivity contribution in [1.82, 2.24) is 4.90 Å². The first-order valence-corrected chi connectivity index (χ1v) is 6.65. The number of hydrogen-bond acceptors (Lipinski definition) is 2. The Bertz CT molecular complexity index is 400. The Morgan fingerprint density at radius 3 is 2.76 bits per heavy atom. The number of ether oxygens (including phenoxy) is 1. The smallest absolute Gasteiger partial charge is 0.118 e. The molecule has 2 fully saturated rings. The maximum absolute atomic E-state index is 5.23. The van der Waals surface area contributed by atoms with Gasteiger partial charge in [-0.25, -0.2) is 0 Å². The lowest BCUT2D eigenvalue weighted by molar-refractivity contribution is 0.299. The van der Waals surface area contributed by atoms with Crippen LogP contribution in [0.3, 0.4) is 0 Å². The average molecular weight is 231 g/mol. The molecule has 1 aliphatic carbocycles. The van der Waals surface area contributed by atoms with Crippen molar-refractivity contribution in [3.05, 3.63) is 29.8 Å². The van der Waals surface area contributed by atoms with Crippen LogP contribution >= 0.6 is 0 Å². The van der Waals surface area contributed by atoms with E-state index >= 15 is 0 Å². The first kappa shape index (κ1) is 11.1. The number of rotatable bonds is 4. The standard InChI is InChI=1S/C15H21NO/c1-3-8-16-10-13-9-15(13,11-16)12-4-6-14(17-2)7-5-12/h4-7,13H,3,8-11H2,1-2H3. The molecule has 1 saturated heterocycles. The zero-order valence-electron chi connectivity index (χ0n) is 10.8. The highest BCUT2D eigenvalue weighted by Gasteiger charge is 2.60. The third kappa shape index (κ3) is 1.75. The SMILES string of the molecule is CCCN1CC2CC2(c2ccc(OC)cc2)C1. The highest BCUT2D eigenvalue weighted by molar-refractivity contribution is 5.40. The fourth-order valence-electron chi connectivity index (χ4n) is 3.44. The van der Waals surface area contributed by atoms with Gasteiger partial charge in [0, 0.05) is 18.5 Å². The molecule has 0 radical (unpaired) electrons. The van der Waals surface area contributed by atoms with Crippen LogP contribution < -0.4 is 4.74 Å². The number of nitrogens with zero attached hydrogens (tertiary/aromatic N) is 1. The molecule has 1 aromatic carbocycles. The molecule has 3 rings (SSSR count). The van der Waals surface area contributed by atoms with Gasteiger partial charge in [-0.1, -0.05) is 19.1 Å². The Balaban J connectivity index is 1.76. The number of hydrogen-bond donors (Lipinski definition) is 0. The van der Waals surface area contributed by atoms with Gasteiger partial charge < -0.3 is 9.64 Å². The first-order chi connectivity index (χ1) is 8.28. The maximum Gasteiger partial charge on any atom is 0.118 e. The van der Waals surface area contributed by atoms with Crippen molar-refractivity contribution in [3.8, 4) is 5.75 Å². The number of likely N-dealkylation sites (tertiary alicyclic amines) is 1. The van der Waals surface area contributed by atoms with Gasteiger partial charge in [-0.15, -0.1) is 0 Å². The molecule has 2 unspecified atom stereocenters. The van der Waals surface area contributed by atoms with Gasteiger partial charge in [0.25, 0.3) is 0 Å². The van der Waals surface area contributed by atoms with Crippen molar-refractivity contribution >= 4 is 0 Å². The number of methoxy groups -OCH3 is 1. The Kier molecular flexibility index (Phi) is 2.62. The zero-order chi connectivity index (χ0) is 11.9. The third-order valence-electron chi connectivity index (χ3n) is 4.42. The van der Waals surface area contributed by atoms with Crippen LogP contribution in [-0.4, -0.2) is 31.6 Å². The van der Waals surface area contributed by atoms with Gasteiger partial charge in [0.05, 0.1) is 7.11 Å². The number of piperidine rings is 1. The average Bonchev–Trinajstić information content (AvgIpc) is 2.94. The molecule has 2 nitrogen and oxygen atoms in total. The summed E-state index contributed by atoms with van der Waals surface area (Å²) in [5.74, 6) is 1.87. The lowest BCUT2D eigenvalue weighted by Gasteiger charge is -2.20. The topological polar surface area (TPSA) is 12.5 Å². The molecule has 0 amide bonds. The minimum absolute atomic E-state index is 0.488. The second kappa shape index (κ2) is 4.02. The molecule has 1 aromatic rings. The van der Waals surface area contributed by atoms with Gasteiger partial charge in [-0.2, -0.15) is 0 Å². The Hall–Kier alpha value is -1.02. The van der Waals surface area contributed by atoms with E-state index in [2.05, 4.69) is 36.1 Å². The summed E-state index contributed by atoms with van der Waals surface area (Å²) in [6, 6.07) is 8.71. The predicted molar refractivity (Wildman–Crippen MR) is 69.5 cm³/mol. The molecule has 0 bridgehead atoms. The van der Waals surface area contributed by atoms with Crippen LogP contribution in [0.4, 0.5) is 0 Å². The normalized spacial score (nSPS) is 31.3. The van der Waals surface area contributed by atoms with Crippen LogP contribution in [0, 0.1) is 5.92 Å². The summed E-state index contributed by atoms with van der Waals surface area (Å²) >= 11 is 0. The van der Waals surface area contributed by atoms with Gasteiger partial charge in [0.15, 0.2) is 0 Å². The van der Waals surface area contributed by atoms with E-state index in [4.69, 9.17) is 4.74 Å². The Morgan fingerprint density at radius 2 is 2.12 bits per heavy atom. The molecule has 1 aliphatic heterocycles. The highest BCUT2D eigenvalue weighted by atomic mass is 16.5. The molecule has 0 aromatic heterocycles. The molecule has 0 N–H and O–H groups in total. The quantitative estimate of drug-likeness (QED) is 0.790. The highest BCUT2D eigenvalue weighted by Crippen LogP contribution is 2.59. The van der Waals surface area contributed by atoms with Crippen LogP contribution in [0.15, 0.2) is 24.3 Å². The van der Waals surface area contributed by atoms with Crippen LogP contribution in [-0.2, 0) is 5.41 Å². The van der Waals surface area contributed by atoms with E-state index < -0.39 is 0 Å². The zero-order valence-corrected chi connectivity index (χ0v) is 10.8. The third-order valence-corrected chi connectivity index (χ3v) is 4.42. The molecule has 2 heteroatoms. The van der Waals surface area contributed by atoms with Crippen molar-refractivity contribution in [2.24, 2.45) is 5.92 Å². The summed E-state index contributed by atoms with van der Waals surface area (Å²) in [5.41, 5.74) is 2.00. The minimum atomic E-state index is 0.488. The molecule has 1 saturated carbocycles. The van der Waals surface area contributed by atoms with E-state index in [1.54, 1.807) is 7.11 Å². The van der Waals surface area contributed by atoms with Crippen LogP contribution in [0.2, 0.25) is 0 Å². The van der Waals surface area contributed by atoms with Crippen LogP contribution in [0.1, 0.15) is 25.3 Å². The summed E-state index contributed by atoms with van der Waals surface area (Å²) in [7, 11) is 1.73. The second-order valence-corrected chi connectivity index (χ2v) is 5.52. The Morgan fingerprint density at radius 1 is 1.35 bits per heavy atom. The molecule has 1 heterocycles. The molecular weight excluding hydrogens is 210 g/mol. The lowest BCUT2D eigenvalue weighted by Crippen LogP contribution is -2.27. The summed E-state index contributed by atoms with van der Waals surface area (Å²) < 4.78 is 5.23. The first-order valence-electron chi connectivity index (χ1n) is 6.65. The van der Waals surface area contributed by atoms with E-state index in [0.29, 0.717) is 5.41 Å². The lowest BCUT2D eigenvalue weighted by atomic mass is 9.95.